The van der Waals surface area contributed by atoms with Gasteiger partial charge in [0.25, 0.3) is 0 Å². The Morgan fingerprint density at radius 1 is 1.28 bits per heavy atom. The molecule has 0 amide bonds. The van der Waals surface area contributed by atoms with Gasteiger partial charge in [-0.1, -0.05) is 6.07 Å². The fourth-order valence-corrected chi connectivity index (χ4v) is 2.46. The van der Waals surface area contributed by atoms with Crippen LogP contribution in [0.25, 0.3) is 0 Å². The predicted octanol–water partition coefficient (Wildman–Crippen LogP) is 1.56. The maximum Gasteiger partial charge on any atom is 0.182 e. The number of anilines is 1. The summed E-state index contributed by atoms with van der Waals surface area (Å²) in [4.78, 5) is 4.10. The summed E-state index contributed by atoms with van der Waals surface area (Å²) in [6, 6.07) is 3.36. The molecule has 1 heterocycles. The largest absolute Gasteiger partial charge is 0.364 e. The van der Waals surface area contributed by atoms with Gasteiger partial charge in [0.2, 0.25) is 0 Å². The lowest BCUT2D eigenvalue weighted by molar-refractivity contribution is 0.274. The van der Waals surface area contributed by atoms with Crippen molar-refractivity contribution in [3.8, 4) is 0 Å². The number of benzene rings is 1. The molecule has 2 rings (SSSR count). The van der Waals surface area contributed by atoms with Crippen LogP contribution in [0.4, 0.5) is 14.5 Å². The number of likely N-dealkylation sites (N-methyl/N-ethyl adjacent to an activating group) is 1. The summed E-state index contributed by atoms with van der Waals surface area (Å²) in [5.74, 6) is -1.60. The van der Waals surface area contributed by atoms with Crippen LogP contribution < -0.4 is 10.6 Å². The van der Waals surface area contributed by atoms with Crippen molar-refractivity contribution in [1.29, 1.82) is 0 Å². The van der Waals surface area contributed by atoms with Crippen LogP contribution in [-0.2, 0) is 6.54 Å². The van der Waals surface area contributed by atoms with E-state index in [1.165, 1.54) is 0 Å². The van der Waals surface area contributed by atoms with E-state index in [4.69, 9.17) is 5.73 Å². The van der Waals surface area contributed by atoms with E-state index in [1.807, 2.05) is 18.9 Å². The molecular weight excluding hydrogens is 236 g/mol. The highest BCUT2D eigenvalue weighted by atomic mass is 19.2. The normalized spacial score (nSPS) is 21.4. The van der Waals surface area contributed by atoms with Crippen molar-refractivity contribution < 1.29 is 8.78 Å². The molecule has 0 radical (unpaired) electrons. The van der Waals surface area contributed by atoms with E-state index in [1.54, 1.807) is 12.1 Å². The molecule has 1 aliphatic heterocycles. The molecule has 1 saturated heterocycles. The van der Waals surface area contributed by atoms with Crippen molar-refractivity contribution in [3.63, 3.8) is 0 Å². The first-order valence-electron chi connectivity index (χ1n) is 6.16. The van der Waals surface area contributed by atoms with Crippen LogP contribution in [0.5, 0.6) is 0 Å². The summed E-state index contributed by atoms with van der Waals surface area (Å²) in [6.45, 7) is 4.44. The Hall–Kier alpha value is -1.20. The van der Waals surface area contributed by atoms with Gasteiger partial charge in [0.1, 0.15) is 0 Å². The summed E-state index contributed by atoms with van der Waals surface area (Å²) in [7, 11) is 2.03. The lowest BCUT2D eigenvalue weighted by Gasteiger charge is -2.40. The first-order valence-corrected chi connectivity index (χ1v) is 6.16. The fraction of sp³-hybridized carbons (Fsp3) is 0.538. The molecule has 0 aromatic heterocycles. The lowest BCUT2D eigenvalue weighted by atomic mass is 10.1. The number of hydrogen-bond acceptors (Lipinski definition) is 3. The number of piperazine rings is 1. The maximum absolute atomic E-state index is 14.0. The van der Waals surface area contributed by atoms with Gasteiger partial charge in [-0.3, -0.25) is 0 Å². The van der Waals surface area contributed by atoms with Gasteiger partial charge in [0.05, 0.1) is 5.69 Å². The molecule has 1 aromatic carbocycles. The molecule has 18 heavy (non-hydrogen) atoms. The van der Waals surface area contributed by atoms with E-state index >= 15 is 0 Å². The van der Waals surface area contributed by atoms with Gasteiger partial charge in [-0.05, 0) is 20.0 Å². The van der Waals surface area contributed by atoms with Crippen molar-refractivity contribution >= 4 is 5.69 Å². The van der Waals surface area contributed by atoms with Gasteiger partial charge in [-0.2, -0.15) is 0 Å². The van der Waals surface area contributed by atoms with Crippen LogP contribution in [-0.4, -0.2) is 37.6 Å². The number of halogens is 2. The van der Waals surface area contributed by atoms with Crippen molar-refractivity contribution in [2.45, 2.75) is 19.5 Å². The first-order chi connectivity index (χ1) is 8.54. The first kappa shape index (κ1) is 13.2. The Balaban J connectivity index is 2.31. The molecule has 3 nitrogen and oxygen atoms in total. The maximum atomic E-state index is 14.0. The van der Waals surface area contributed by atoms with Crippen LogP contribution in [0.2, 0.25) is 0 Å². The second-order valence-electron chi connectivity index (χ2n) is 4.88. The topological polar surface area (TPSA) is 32.5 Å². The van der Waals surface area contributed by atoms with E-state index in [0.717, 1.165) is 13.1 Å². The molecule has 1 unspecified atom stereocenters. The van der Waals surface area contributed by atoms with Gasteiger partial charge in [0.15, 0.2) is 11.6 Å². The summed E-state index contributed by atoms with van der Waals surface area (Å²) < 4.78 is 27.7. The van der Waals surface area contributed by atoms with Crippen LogP contribution in [0.3, 0.4) is 0 Å². The van der Waals surface area contributed by atoms with E-state index in [2.05, 4.69) is 4.90 Å². The Kier molecular flexibility index (Phi) is 3.82. The Bertz CT molecular complexity index is 436. The molecule has 1 fully saturated rings. The van der Waals surface area contributed by atoms with Gasteiger partial charge in [-0.25, -0.2) is 8.78 Å². The second-order valence-corrected chi connectivity index (χ2v) is 4.88. The predicted molar refractivity (Wildman–Crippen MR) is 68.6 cm³/mol. The average molecular weight is 255 g/mol. The Morgan fingerprint density at radius 2 is 2.00 bits per heavy atom. The highest BCUT2D eigenvalue weighted by molar-refractivity contribution is 5.51. The van der Waals surface area contributed by atoms with E-state index in [-0.39, 0.29) is 18.2 Å². The van der Waals surface area contributed by atoms with Gasteiger partial charge < -0.3 is 15.5 Å². The van der Waals surface area contributed by atoms with Crippen molar-refractivity contribution in [3.05, 3.63) is 29.3 Å². The zero-order valence-electron chi connectivity index (χ0n) is 10.8. The minimum absolute atomic E-state index is 0.0152. The molecule has 5 heteroatoms. The molecule has 0 bridgehead atoms. The molecule has 0 aliphatic carbocycles. The van der Waals surface area contributed by atoms with Crippen molar-refractivity contribution in [1.82, 2.24) is 4.90 Å². The monoisotopic (exact) mass is 255 g/mol. The smallest absolute Gasteiger partial charge is 0.182 e. The van der Waals surface area contributed by atoms with Crippen LogP contribution in [0.15, 0.2) is 12.1 Å². The highest BCUT2D eigenvalue weighted by Gasteiger charge is 2.25. The summed E-state index contributed by atoms with van der Waals surface area (Å²) in [6.07, 6.45) is 0. The molecule has 1 aliphatic rings. The minimum Gasteiger partial charge on any atom is -0.364 e. The lowest BCUT2D eigenvalue weighted by Crippen LogP contribution is -2.50. The summed E-state index contributed by atoms with van der Waals surface area (Å²) in [5.41, 5.74) is 5.93. The molecule has 2 N–H and O–H groups in total. The number of rotatable bonds is 2. The zero-order valence-corrected chi connectivity index (χ0v) is 10.8. The fourth-order valence-electron chi connectivity index (χ4n) is 2.46. The van der Waals surface area contributed by atoms with Gasteiger partial charge in [0, 0.05) is 37.8 Å². The van der Waals surface area contributed by atoms with E-state index in [0.29, 0.717) is 12.2 Å². The van der Waals surface area contributed by atoms with Crippen molar-refractivity contribution in [2.75, 3.05) is 31.6 Å². The third-order valence-electron chi connectivity index (χ3n) is 3.50. The minimum atomic E-state index is -0.818. The molecule has 100 valence electrons. The molecule has 0 spiro atoms. The SMILES string of the molecule is CC1CN(C)CCN1c1ccc(CN)c(F)c1F. The third kappa shape index (κ3) is 2.33. The second kappa shape index (κ2) is 5.20. The number of nitrogens with two attached hydrogens (primary N) is 1. The number of hydrogen-bond donors (Lipinski definition) is 1. The van der Waals surface area contributed by atoms with Gasteiger partial charge >= 0.3 is 0 Å². The van der Waals surface area contributed by atoms with Gasteiger partial charge in [-0.15, -0.1) is 0 Å². The Morgan fingerprint density at radius 3 is 2.61 bits per heavy atom. The third-order valence-corrected chi connectivity index (χ3v) is 3.50. The quantitative estimate of drug-likeness (QED) is 0.870. The standard InChI is InChI=1S/C13H19F2N3/c1-9-8-17(2)5-6-18(9)11-4-3-10(7-16)12(14)13(11)15/h3-4,9H,5-8,16H2,1-2H3. The zero-order chi connectivity index (χ0) is 13.3. The van der Waals surface area contributed by atoms with Crippen LogP contribution in [0.1, 0.15) is 12.5 Å². The van der Waals surface area contributed by atoms with E-state index in [9.17, 15) is 8.78 Å². The van der Waals surface area contributed by atoms with Crippen LogP contribution >= 0.6 is 0 Å². The summed E-state index contributed by atoms with van der Waals surface area (Å²) >= 11 is 0. The molecule has 1 aromatic rings. The van der Waals surface area contributed by atoms with Crippen LogP contribution in [0, 0.1) is 11.6 Å². The highest BCUT2D eigenvalue weighted by Crippen LogP contribution is 2.27. The van der Waals surface area contributed by atoms with E-state index < -0.39 is 11.6 Å². The average Bonchev–Trinajstić information content (AvgIpc) is 2.34. The Labute approximate surface area is 106 Å². The molecule has 1 atom stereocenters. The van der Waals surface area contributed by atoms with Crippen molar-refractivity contribution in [2.24, 2.45) is 5.73 Å². The molecular formula is C13H19F2N3. The summed E-state index contributed by atoms with van der Waals surface area (Å²) in [5, 5.41) is 0. The number of nitrogens with zero attached hydrogens (tertiary/aromatic N) is 2. The molecule has 0 saturated carbocycles.